The van der Waals surface area contributed by atoms with Crippen molar-refractivity contribution < 1.29 is 0 Å². The Morgan fingerprint density at radius 2 is 1.91 bits per heavy atom. The van der Waals surface area contributed by atoms with Crippen molar-refractivity contribution in [1.82, 2.24) is 14.9 Å². The molecule has 3 heterocycles. The number of piperazine rings is 1. The third-order valence-corrected chi connectivity index (χ3v) is 5.83. The predicted molar refractivity (Wildman–Crippen MR) is 97.5 cm³/mol. The van der Waals surface area contributed by atoms with Crippen LogP contribution < -0.4 is 4.90 Å². The van der Waals surface area contributed by atoms with E-state index in [0.717, 1.165) is 36.2 Å². The van der Waals surface area contributed by atoms with Gasteiger partial charge in [0.2, 0.25) is 0 Å². The van der Waals surface area contributed by atoms with Crippen LogP contribution in [0.5, 0.6) is 0 Å². The molecule has 2 aromatic heterocycles. The first-order valence-electron chi connectivity index (χ1n) is 8.85. The minimum Gasteiger partial charge on any atom is -0.353 e. The van der Waals surface area contributed by atoms with Crippen LogP contribution in [0.4, 0.5) is 5.82 Å². The molecule has 4 rings (SSSR count). The molecule has 2 aliphatic rings. The molecule has 1 aliphatic heterocycles. The molecule has 5 heteroatoms. The minimum absolute atomic E-state index is 0.661. The van der Waals surface area contributed by atoms with Crippen molar-refractivity contribution in [2.75, 3.05) is 31.1 Å². The molecule has 124 valence electrons. The van der Waals surface area contributed by atoms with Crippen LogP contribution >= 0.6 is 11.3 Å². The highest BCUT2D eigenvalue weighted by Gasteiger charge is 2.32. The molecule has 1 saturated carbocycles. The minimum atomic E-state index is 0.661. The first-order valence-corrected chi connectivity index (χ1v) is 9.73. The van der Waals surface area contributed by atoms with Gasteiger partial charge in [0.1, 0.15) is 16.5 Å². The van der Waals surface area contributed by atoms with Crippen molar-refractivity contribution in [3.8, 4) is 0 Å². The van der Waals surface area contributed by atoms with Gasteiger partial charge < -0.3 is 4.90 Å². The molecule has 0 bridgehead atoms. The van der Waals surface area contributed by atoms with Gasteiger partial charge in [0.15, 0.2) is 0 Å². The Bertz CT molecular complexity index is 696. The largest absolute Gasteiger partial charge is 0.353 e. The van der Waals surface area contributed by atoms with Crippen LogP contribution in [0.15, 0.2) is 5.38 Å². The summed E-state index contributed by atoms with van der Waals surface area (Å²) in [5.41, 5.74) is 1.43. The fraction of sp³-hybridized carbons (Fsp3) is 0.667. The maximum absolute atomic E-state index is 4.85. The van der Waals surface area contributed by atoms with Gasteiger partial charge in [-0.1, -0.05) is 13.8 Å². The normalized spacial score (nSPS) is 19.9. The highest BCUT2D eigenvalue weighted by Crippen LogP contribution is 2.35. The zero-order chi connectivity index (χ0) is 16.0. The molecule has 1 aliphatic carbocycles. The lowest BCUT2D eigenvalue weighted by Gasteiger charge is -2.36. The van der Waals surface area contributed by atoms with Gasteiger partial charge in [0, 0.05) is 32.2 Å². The molecule has 1 saturated heterocycles. The second-order valence-electron chi connectivity index (χ2n) is 7.39. The van der Waals surface area contributed by atoms with E-state index in [0.29, 0.717) is 5.92 Å². The van der Waals surface area contributed by atoms with Crippen LogP contribution in [-0.4, -0.2) is 47.1 Å². The van der Waals surface area contributed by atoms with Crippen LogP contribution in [0.3, 0.4) is 0 Å². The summed E-state index contributed by atoms with van der Waals surface area (Å²) in [7, 11) is 0. The lowest BCUT2D eigenvalue weighted by molar-refractivity contribution is 0.248. The second-order valence-corrected chi connectivity index (χ2v) is 8.25. The van der Waals surface area contributed by atoms with E-state index in [1.807, 2.05) is 6.92 Å². The topological polar surface area (TPSA) is 32.3 Å². The van der Waals surface area contributed by atoms with Crippen LogP contribution in [0.25, 0.3) is 10.2 Å². The monoisotopic (exact) mass is 330 g/mol. The molecule has 23 heavy (non-hydrogen) atoms. The van der Waals surface area contributed by atoms with Crippen molar-refractivity contribution in [2.24, 2.45) is 5.92 Å². The number of fused-ring (bicyclic) bond motifs is 1. The Morgan fingerprint density at radius 3 is 2.57 bits per heavy atom. The quantitative estimate of drug-likeness (QED) is 0.859. The fourth-order valence-corrected chi connectivity index (χ4v) is 4.64. The van der Waals surface area contributed by atoms with Gasteiger partial charge in [-0.3, -0.25) is 4.90 Å². The van der Waals surface area contributed by atoms with Gasteiger partial charge in [-0.15, -0.1) is 11.3 Å². The van der Waals surface area contributed by atoms with Crippen molar-refractivity contribution in [3.05, 3.63) is 16.8 Å². The third kappa shape index (κ3) is 3.09. The number of rotatable bonds is 4. The van der Waals surface area contributed by atoms with Crippen LogP contribution in [0, 0.1) is 12.8 Å². The first kappa shape index (κ1) is 15.3. The molecule has 0 N–H and O–H groups in total. The maximum atomic E-state index is 4.85. The molecule has 0 spiro atoms. The Balaban J connectivity index is 1.66. The molecule has 2 fully saturated rings. The van der Waals surface area contributed by atoms with Gasteiger partial charge in [0.25, 0.3) is 0 Å². The molecular weight excluding hydrogens is 304 g/mol. The van der Waals surface area contributed by atoms with E-state index in [1.165, 1.54) is 42.7 Å². The predicted octanol–water partition coefficient (Wildman–Crippen LogP) is 3.48. The third-order valence-electron chi connectivity index (χ3n) is 4.91. The average Bonchev–Trinajstić information content (AvgIpc) is 3.30. The molecule has 0 unspecified atom stereocenters. The van der Waals surface area contributed by atoms with Crippen molar-refractivity contribution >= 4 is 27.4 Å². The van der Waals surface area contributed by atoms with E-state index in [-0.39, 0.29) is 0 Å². The summed E-state index contributed by atoms with van der Waals surface area (Å²) in [6, 6.07) is 0.877. The van der Waals surface area contributed by atoms with E-state index in [1.54, 1.807) is 11.3 Å². The van der Waals surface area contributed by atoms with Crippen molar-refractivity contribution in [1.29, 1.82) is 0 Å². The summed E-state index contributed by atoms with van der Waals surface area (Å²) < 4.78 is 0. The number of anilines is 1. The number of hydrogen-bond donors (Lipinski definition) is 0. The highest BCUT2D eigenvalue weighted by atomic mass is 32.1. The molecule has 0 aromatic carbocycles. The maximum Gasteiger partial charge on any atom is 0.141 e. The Labute approximate surface area is 142 Å². The lowest BCUT2D eigenvalue weighted by atomic mass is 10.0. The summed E-state index contributed by atoms with van der Waals surface area (Å²) in [4.78, 5) is 15.8. The van der Waals surface area contributed by atoms with E-state index < -0.39 is 0 Å². The SMILES string of the molecule is Cc1nc(N2CCN(C3CC3)CC2)c2c(CC(C)C)csc2n1. The van der Waals surface area contributed by atoms with Crippen molar-refractivity contribution in [3.63, 3.8) is 0 Å². The summed E-state index contributed by atoms with van der Waals surface area (Å²) in [6.45, 7) is 11.1. The second kappa shape index (κ2) is 6.02. The molecule has 0 radical (unpaired) electrons. The molecule has 0 atom stereocenters. The summed E-state index contributed by atoms with van der Waals surface area (Å²) in [5, 5.41) is 3.61. The van der Waals surface area contributed by atoms with Gasteiger partial charge in [-0.05, 0) is 43.0 Å². The smallest absolute Gasteiger partial charge is 0.141 e. The standard InChI is InChI=1S/C18H26N4S/c1-12(2)10-14-11-23-18-16(14)17(19-13(3)20-18)22-8-6-21(7-9-22)15-4-5-15/h11-12,15H,4-10H2,1-3H3. The van der Waals surface area contributed by atoms with Gasteiger partial charge in [-0.2, -0.15) is 0 Å². The molecular formula is C18H26N4S. The number of thiophene rings is 1. The zero-order valence-corrected chi connectivity index (χ0v) is 15.2. The van der Waals surface area contributed by atoms with E-state index in [4.69, 9.17) is 4.98 Å². The number of nitrogens with zero attached hydrogens (tertiary/aromatic N) is 4. The van der Waals surface area contributed by atoms with Gasteiger partial charge >= 0.3 is 0 Å². The summed E-state index contributed by atoms with van der Waals surface area (Å²) >= 11 is 1.78. The summed E-state index contributed by atoms with van der Waals surface area (Å²) in [6.07, 6.45) is 3.92. The number of aromatic nitrogens is 2. The first-order chi connectivity index (χ1) is 11.1. The van der Waals surface area contributed by atoms with Crippen LogP contribution in [0.2, 0.25) is 0 Å². The van der Waals surface area contributed by atoms with E-state index >= 15 is 0 Å². The van der Waals surface area contributed by atoms with Crippen LogP contribution in [0.1, 0.15) is 38.1 Å². The van der Waals surface area contributed by atoms with Gasteiger partial charge in [0.05, 0.1) is 5.39 Å². The van der Waals surface area contributed by atoms with Crippen molar-refractivity contribution in [2.45, 2.75) is 46.1 Å². The summed E-state index contributed by atoms with van der Waals surface area (Å²) in [5.74, 6) is 2.74. The number of aryl methyl sites for hydroxylation is 1. The average molecular weight is 331 g/mol. The lowest BCUT2D eigenvalue weighted by Crippen LogP contribution is -2.47. The van der Waals surface area contributed by atoms with E-state index in [2.05, 4.69) is 34.0 Å². The van der Waals surface area contributed by atoms with Gasteiger partial charge in [-0.25, -0.2) is 9.97 Å². The Morgan fingerprint density at radius 1 is 1.17 bits per heavy atom. The van der Waals surface area contributed by atoms with Crippen LogP contribution in [-0.2, 0) is 6.42 Å². The van der Waals surface area contributed by atoms with E-state index in [9.17, 15) is 0 Å². The molecule has 0 amide bonds. The molecule has 2 aromatic rings. The molecule has 4 nitrogen and oxygen atoms in total. The fourth-order valence-electron chi connectivity index (χ4n) is 3.64. The number of hydrogen-bond acceptors (Lipinski definition) is 5. The zero-order valence-electron chi connectivity index (χ0n) is 14.4. The Kier molecular flexibility index (Phi) is 4.01. The highest BCUT2D eigenvalue weighted by molar-refractivity contribution is 7.17. The Hall–Kier alpha value is -1.20.